The number of nitrogens with zero attached hydrogens (tertiary/aromatic N) is 2. The molecule has 0 aromatic heterocycles. The highest BCUT2D eigenvalue weighted by Gasteiger charge is 2.31. The Kier molecular flexibility index (Phi) is 9.82. The van der Waals surface area contributed by atoms with Gasteiger partial charge in [0.1, 0.15) is 18.4 Å². The molecule has 2 aromatic carbocycles. The minimum Gasteiger partial charge on any atom is -0.352 e. The largest absolute Gasteiger partial charge is 0.352 e. The van der Waals surface area contributed by atoms with Crippen molar-refractivity contribution in [3.8, 4) is 0 Å². The summed E-state index contributed by atoms with van der Waals surface area (Å²) in [7, 11) is -3.82. The van der Waals surface area contributed by atoms with Crippen molar-refractivity contribution in [1.29, 1.82) is 0 Å². The maximum atomic E-state index is 14.4. The van der Waals surface area contributed by atoms with Crippen molar-refractivity contribution < 1.29 is 22.4 Å². The predicted octanol–water partition coefficient (Wildman–Crippen LogP) is 4.05. The Morgan fingerprint density at radius 3 is 2.11 bits per heavy atom. The van der Waals surface area contributed by atoms with Crippen molar-refractivity contribution in [2.75, 3.05) is 17.1 Å². The Labute approximate surface area is 208 Å². The fraction of sp³-hybridized carbons (Fsp3) is 0.462. The highest BCUT2D eigenvalue weighted by Crippen LogP contribution is 2.23. The average Bonchev–Trinajstić information content (AvgIpc) is 2.80. The number of anilines is 1. The lowest BCUT2D eigenvalue weighted by Gasteiger charge is -2.32. The first kappa shape index (κ1) is 28.3. The van der Waals surface area contributed by atoms with E-state index in [1.807, 2.05) is 39.8 Å². The quantitative estimate of drug-likeness (QED) is 0.499. The molecule has 2 rings (SSSR count). The zero-order chi connectivity index (χ0) is 26.3. The van der Waals surface area contributed by atoms with Crippen LogP contribution >= 0.6 is 0 Å². The van der Waals surface area contributed by atoms with Gasteiger partial charge in [-0.1, -0.05) is 51.1 Å². The summed E-state index contributed by atoms with van der Waals surface area (Å²) in [6.07, 6.45) is 1.73. The molecule has 35 heavy (non-hydrogen) atoms. The minimum absolute atomic E-state index is 0.109. The van der Waals surface area contributed by atoms with Crippen LogP contribution in [0, 0.1) is 5.82 Å². The van der Waals surface area contributed by atoms with E-state index in [0.29, 0.717) is 12.1 Å². The maximum Gasteiger partial charge on any atom is 0.244 e. The van der Waals surface area contributed by atoms with Gasteiger partial charge in [-0.15, -0.1) is 0 Å². The monoisotopic (exact) mass is 505 g/mol. The first-order valence-corrected chi connectivity index (χ1v) is 13.6. The van der Waals surface area contributed by atoms with E-state index in [9.17, 15) is 22.4 Å². The van der Waals surface area contributed by atoms with E-state index in [4.69, 9.17) is 0 Å². The maximum absolute atomic E-state index is 14.4. The van der Waals surface area contributed by atoms with Crippen LogP contribution in [0.1, 0.15) is 58.1 Å². The average molecular weight is 506 g/mol. The smallest absolute Gasteiger partial charge is 0.244 e. The van der Waals surface area contributed by atoms with Gasteiger partial charge in [0, 0.05) is 18.2 Å². The molecule has 0 aliphatic heterocycles. The molecule has 1 N–H and O–H groups in total. The molecule has 0 saturated heterocycles. The third-order valence-corrected chi connectivity index (χ3v) is 7.13. The number of sulfonamides is 1. The van der Waals surface area contributed by atoms with Crippen LogP contribution in [0.5, 0.6) is 0 Å². The summed E-state index contributed by atoms with van der Waals surface area (Å²) in [6, 6.07) is 11.9. The number of benzene rings is 2. The molecule has 0 aliphatic carbocycles. The molecule has 0 heterocycles. The van der Waals surface area contributed by atoms with Gasteiger partial charge in [0.05, 0.1) is 11.9 Å². The van der Waals surface area contributed by atoms with Crippen LogP contribution in [-0.2, 0) is 26.2 Å². The van der Waals surface area contributed by atoms with Gasteiger partial charge in [-0.25, -0.2) is 12.8 Å². The number of carbonyl (C=O) groups is 2. The summed E-state index contributed by atoms with van der Waals surface area (Å²) in [5.41, 5.74) is 1.61. The standard InChI is InChI=1S/C26H36FN3O4S/c1-7-19(4)28-26(32)20(5)29(16-22-10-8-9-11-24(22)27)25(31)17-30(35(6,33)34)23-14-12-21(13-15-23)18(2)3/h8-15,18-20H,7,16-17H2,1-6H3,(H,28,32)/t19-,20+/m0/s1. The normalized spacial score (nSPS) is 13.3. The van der Waals surface area contributed by atoms with E-state index >= 15 is 0 Å². The third-order valence-electron chi connectivity index (χ3n) is 5.99. The zero-order valence-electron chi connectivity index (χ0n) is 21.3. The van der Waals surface area contributed by atoms with Gasteiger partial charge < -0.3 is 10.2 Å². The Morgan fingerprint density at radius 2 is 1.60 bits per heavy atom. The Bertz CT molecular complexity index is 1120. The molecule has 0 aliphatic rings. The van der Waals surface area contributed by atoms with Crippen LogP contribution in [0.3, 0.4) is 0 Å². The van der Waals surface area contributed by atoms with Gasteiger partial charge in [0.2, 0.25) is 21.8 Å². The summed E-state index contributed by atoms with van der Waals surface area (Å²) < 4.78 is 40.7. The lowest BCUT2D eigenvalue weighted by Crippen LogP contribution is -2.52. The van der Waals surface area contributed by atoms with E-state index < -0.39 is 40.2 Å². The SMILES string of the molecule is CC[C@H](C)NC(=O)[C@@H](C)N(Cc1ccccc1F)C(=O)CN(c1ccc(C(C)C)cc1)S(C)(=O)=O. The van der Waals surface area contributed by atoms with Gasteiger partial charge in [-0.3, -0.25) is 13.9 Å². The molecule has 192 valence electrons. The fourth-order valence-corrected chi connectivity index (χ4v) is 4.35. The summed E-state index contributed by atoms with van der Waals surface area (Å²) in [4.78, 5) is 27.6. The molecule has 0 fully saturated rings. The molecule has 0 radical (unpaired) electrons. The molecule has 2 aromatic rings. The van der Waals surface area contributed by atoms with Gasteiger partial charge in [0.25, 0.3) is 0 Å². The van der Waals surface area contributed by atoms with Gasteiger partial charge in [0.15, 0.2) is 0 Å². The summed E-state index contributed by atoms with van der Waals surface area (Å²) in [5.74, 6) is -1.25. The highest BCUT2D eigenvalue weighted by atomic mass is 32.2. The van der Waals surface area contributed by atoms with Crippen LogP contribution in [0.2, 0.25) is 0 Å². The van der Waals surface area contributed by atoms with Crippen molar-refractivity contribution in [3.63, 3.8) is 0 Å². The fourth-order valence-electron chi connectivity index (χ4n) is 3.50. The molecule has 0 spiro atoms. The van der Waals surface area contributed by atoms with Crippen LogP contribution in [0.15, 0.2) is 48.5 Å². The second-order valence-electron chi connectivity index (χ2n) is 9.12. The summed E-state index contributed by atoms with van der Waals surface area (Å²) >= 11 is 0. The topological polar surface area (TPSA) is 86.8 Å². The second-order valence-corrected chi connectivity index (χ2v) is 11.0. The van der Waals surface area contributed by atoms with E-state index in [2.05, 4.69) is 5.32 Å². The van der Waals surface area contributed by atoms with Crippen molar-refractivity contribution >= 4 is 27.5 Å². The molecule has 0 unspecified atom stereocenters. The van der Waals surface area contributed by atoms with E-state index in [1.54, 1.807) is 25.1 Å². The first-order chi connectivity index (χ1) is 16.3. The van der Waals surface area contributed by atoms with Crippen LogP contribution in [-0.4, -0.2) is 50.0 Å². The number of carbonyl (C=O) groups excluding carboxylic acids is 2. The molecular formula is C26H36FN3O4S. The number of halogens is 1. The number of rotatable bonds is 11. The first-order valence-electron chi connectivity index (χ1n) is 11.8. The van der Waals surface area contributed by atoms with Crippen molar-refractivity contribution in [3.05, 3.63) is 65.5 Å². The van der Waals surface area contributed by atoms with Crippen LogP contribution in [0.4, 0.5) is 10.1 Å². The van der Waals surface area contributed by atoms with Gasteiger partial charge >= 0.3 is 0 Å². The van der Waals surface area contributed by atoms with E-state index in [1.165, 1.54) is 23.1 Å². The summed E-state index contributed by atoms with van der Waals surface area (Å²) in [6.45, 7) is 8.68. The lowest BCUT2D eigenvalue weighted by atomic mass is 10.0. The Balaban J connectivity index is 2.40. The van der Waals surface area contributed by atoms with Crippen molar-refractivity contribution in [2.24, 2.45) is 0 Å². The second kappa shape index (κ2) is 12.2. The number of nitrogens with one attached hydrogen (secondary N) is 1. The molecule has 7 nitrogen and oxygen atoms in total. The summed E-state index contributed by atoms with van der Waals surface area (Å²) in [5, 5.41) is 2.84. The molecule has 2 amide bonds. The molecule has 9 heteroatoms. The van der Waals surface area contributed by atoms with Crippen LogP contribution < -0.4 is 9.62 Å². The number of hydrogen-bond donors (Lipinski definition) is 1. The zero-order valence-corrected chi connectivity index (χ0v) is 22.1. The Morgan fingerprint density at radius 1 is 1.00 bits per heavy atom. The van der Waals surface area contributed by atoms with Crippen molar-refractivity contribution in [2.45, 2.75) is 65.6 Å². The Hall–Kier alpha value is -2.94. The lowest BCUT2D eigenvalue weighted by molar-refractivity contribution is -0.139. The van der Waals surface area contributed by atoms with E-state index in [-0.39, 0.29) is 24.1 Å². The number of amides is 2. The predicted molar refractivity (Wildman–Crippen MR) is 137 cm³/mol. The van der Waals surface area contributed by atoms with E-state index in [0.717, 1.165) is 16.1 Å². The molecule has 0 bridgehead atoms. The highest BCUT2D eigenvalue weighted by molar-refractivity contribution is 7.92. The molecule has 0 saturated carbocycles. The van der Waals surface area contributed by atoms with Crippen molar-refractivity contribution in [1.82, 2.24) is 10.2 Å². The third kappa shape index (κ3) is 7.78. The molecule has 2 atom stereocenters. The van der Waals surface area contributed by atoms with Gasteiger partial charge in [-0.2, -0.15) is 0 Å². The molecular weight excluding hydrogens is 469 g/mol. The minimum atomic E-state index is -3.82. The number of hydrogen-bond acceptors (Lipinski definition) is 4. The van der Waals surface area contributed by atoms with Gasteiger partial charge in [-0.05, 0) is 49.9 Å². The van der Waals surface area contributed by atoms with Crippen LogP contribution in [0.25, 0.3) is 0 Å².